The van der Waals surface area contributed by atoms with Gasteiger partial charge in [-0.25, -0.2) is 4.79 Å². The highest BCUT2D eigenvalue weighted by Crippen LogP contribution is 2.21. The highest BCUT2D eigenvalue weighted by Gasteiger charge is 2.27. The van der Waals surface area contributed by atoms with Crippen LogP contribution in [0.25, 0.3) is 5.69 Å². The first-order chi connectivity index (χ1) is 12.9. The van der Waals surface area contributed by atoms with Crippen LogP contribution in [0.5, 0.6) is 0 Å². The van der Waals surface area contributed by atoms with Crippen LogP contribution in [0.4, 0.5) is 0 Å². The van der Waals surface area contributed by atoms with E-state index in [4.69, 9.17) is 9.47 Å². The minimum Gasteiger partial charge on any atom is -0.452 e. The van der Waals surface area contributed by atoms with E-state index in [1.165, 1.54) is 0 Å². The molecule has 144 valence electrons. The third-order valence-electron chi connectivity index (χ3n) is 4.76. The molecule has 0 N–H and O–H groups in total. The van der Waals surface area contributed by atoms with E-state index in [0.717, 1.165) is 17.1 Å². The van der Waals surface area contributed by atoms with Gasteiger partial charge in [-0.15, -0.1) is 0 Å². The zero-order valence-corrected chi connectivity index (χ0v) is 16.3. The second-order valence-electron chi connectivity index (χ2n) is 7.09. The molecule has 1 aromatic carbocycles. The van der Waals surface area contributed by atoms with Crippen molar-refractivity contribution in [3.05, 3.63) is 53.3 Å². The molecular formula is C21H26N2O4. The smallest absolute Gasteiger partial charge is 0.340 e. The van der Waals surface area contributed by atoms with Crippen LogP contribution in [0.15, 0.2) is 36.4 Å². The quantitative estimate of drug-likeness (QED) is 0.777. The number of amides is 1. The summed E-state index contributed by atoms with van der Waals surface area (Å²) < 4.78 is 12.9. The van der Waals surface area contributed by atoms with Gasteiger partial charge in [-0.1, -0.05) is 18.2 Å². The third-order valence-corrected chi connectivity index (χ3v) is 4.76. The van der Waals surface area contributed by atoms with Gasteiger partial charge >= 0.3 is 5.97 Å². The van der Waals surface area contributed by atoms with Crippen LogP contribution >= 0.6 is 0 Å². The van der Waals surface area contributed by atoms with Crippen molar-refractivity contribution in [3.63, 3.8) is 0 Å². The Balaban J connectivity index is 1.68. The van der Waals surface area contributed by atoms with Crippen LogP contribution in [0.1, 0.15) is 35.6 Å². The van der Waals surface area contributed by atoms with Crippen molar-refractivity contribution in [3.8, 4) is 5.69 Å². The highest BCUT2D eigenvalue weighted by molar-refractivity contribution is 5.93. The number of hydrogen-bond acceptors (Lipinski definition) is 4. The van der Waals surface area contributed by atoms with E-state index >= 15 is 0 Å². The van der Waals surface area contributed by atoms with Gasteiger partial charge in [0.25, 0.3) is 5.91 Å². The normalized spacial score (nSPS) is 19.8. The van der Waals surface area contributed by atoms with Crippen LogP contribution < -0.4 is 0 Å². The number of morpholine rings is 1. The Hall–Kier alpha value is -2.60. The fourth-order valence-corrected chi connectivity index (χ4v) is 3.62. The number of aryl methyl sites for hydroxylation is 1. The molecule has 6 heteroatoms. The van der Waals surface area contributed by atoms with Gasteiger partial charge in [0.15, 0.2) is 6.61 Å². The van der Waals surface area contributed by atoms with Crippen molar-refractivity contribution in [2.75, 3.05) is 19.7 Å². The Morgan fingerprint density at radius 3 is 2.37 bits per heavy atom. The summed E-state index contributed by atoms with van der Waals surface area (Å²) in [5.41, 5.74) is 3.20. The molecule has 0 aliphatic carbocycles. The summed E-state index contributed by atoms with van der Waals surface area (Å²) in [5, 5.41) is 0. The predicted octanol–water partition coefficient (Wildman–Crippen LogP) is 2.89. The Kier molecular flexibility index (Phi) is 5.65. The average Bonchev–Trinajstić information content (AvgIpc) is 2.93. The van der Waals surface area contributed by atoms with Gasteiger partial charge < -0.3 is 18.9 Å². The summed E-state index contributed by atoms with van der Waals surface area (Å²) in [6.07, 6.45) is -0.0311. The van der Waals surface area contributed by atoms with Crippen LogP contribution in [0.2, 0.25) is 0 Å². The molecule has 0 saturated carbocycles. The van der Waals surface area contributed by atoms with Crippen LogP contribution in [0.3, 0.4) is 0 Å². The first-order valence-electron chi connectivity index (χ1n) is 9.21. The van der Waals surface area contributed by atoms with E-state index < -0.39 is 5.97 Å². The minimum atomic E-state index is -0.479. The lowest BCUT2D eigenvalue weighted by Gasteiger charge is -2.35. The Labute approximate surface area is 159 Å². The lowest BCUT2D eigenvalue weighted by molar-refractivity contribution is -0.146. The van der Waals surface area contributed by atoms with Crippen molar-refractivity contribution < 1.29 is 19.1 Å². The Morgan fingerprint density at radius 1 is 1.11 bits per heavy atom. The van der Waals surface area contributed by atoms with Gasteiger partial charge in [0, 0.05) is 30.2 Å². The fourth-order valence-electron chi connectivity index (χ4n) is 3.62. The fraction of sp³-hybridized carbons (Fsp3) is 0.429. The maximum atomic E-state index is 12.5. The zero-order chi connectivity index (χ0) is 19.6. The molecule has 27 heavy (non-hydrogen) atoms. The van der Waals surface area contributed by atoms with Gasteiger partial charge in [-0.3, -0.25) is 4.79 Å². The molecule has 0 bridgehead atoms. The lowest BCUT2D eigenvalue weighted by Crippen LogP contribution is -2.49. The second-order valence-corrected chi connectivity index (χ2v) is 7.09. The summed E-state index contributed by atoms with van der Waals surface area (Å²) >= 11 is 0. The monoisotopic (exact) mass is 370 g/mol. The molecule has 0 unspecified atom stereocenters. The summed E-state index contributed by atoms with van der Waals surface area (Å²) in [6.45, 7) is 8.46. The standard InChI is InChI=1S/C21H26N2O4/c1-14-10-19(17(4)23(14)18-8-6-5-7-9-18)21(25)26-13-20(24)22-11-15(2)27-16(3)12-22/h5-10,15-16H,11-13H2,1-4H3/t15-,16+. The van der Waals surface area contributed by atoms with Crippen molar-refractivity contribution in [1.29, 1.82) is 0 Å². The average molecular weight is 370 g/mol. The number of rotatable bonds is 4. The number of carbonyl (C=O) groups is 2. The Bertz CT molecular complexity index is 818. The molecule has 1 aliphatic heterocycles. The number of ether oxygens (including phenoxy) is 2. The molecule has 1 aromatic heterocycles. The van der Waals surface area contributed by atoms with Gasteiger partial charge in [-0.05, 0) is 45.9 Å². The minimum absolute atomic E-state index is 0.0156. The molecule has 2 aromatic rings. The molecule has 6 nitrogen and oxygen atoms in total. The molecule has 0 spiro atoms. The van der Waals surface area contributed by atoms with Crippen LogP contribution in [0, 0.1) is 13.8 Å². The summed E-state index contributed by atoms with van der Waals surface area (Å²) in [4.78, 5) is 26.6. The number of esters is 1. The summed E-state index contributed by atoms with van der Waals surface area (Å²) in [7, 11) is 0. The first-order valence-corrected chi connectivity index (χ1v) is 9.21. The van der Waals surface area contributed by atoms with Crippen molar-refractivity contribution in [2.45, 2.75) is 39.9 Å². The molecule has 2 atom stereocenters. The zero-order valence-electron chi connectivity index (χ0n) is 16.3. The lowest BCUT2D eigenvalue weighted by atomic mass is 10.2. The number of carbonyl (C=O) groups excluding carboxylic acids is 2. The van der Waals surface area contributed by atoms with Crippen molar-refractivity contribution >= 4 is 11.9 Å². The molecule has 1 aliphatic rings. The van der Waals surface area contributed by atoms with Gasteiger partial charge in [-0.2, -0.15) is 0 Å². The summed E-state index contributed by atoms with van der Waals surface area (Å²) in [6, 6.07) is 11.6. The van der Waals surface area contributed by atoms with Crippen LogP contribution in [-0.4, -0.2) is 53.2 Å². The van der Waals surface area contributed by atoms with E-state index in [1.54, 1.807) is 11.0 Å². The van der Waals surface area contributed by atoms with E-state index in [9.17, 15) is 9.59 Å². The van der Waals surface area contributed by atoms with Crippen molar-refractivity contribution in [2.24, 2.45) is 0 Å². The maximum absolute atomic E-state index is 12.5. The topological polar surface area (TPSA) is 60.8 Å². The van der Waals surface area contributed by atoms with Crippen LogP contribution in [-0.2, 0) is 14.3 Å². The largest absolute Gasteiger partial charge is 0.452 e. The van der Waals surface area contributed by atoms with E-state index in [-0.39, 0.29) is 24.7 Å². The number of hydrogen-bond donors (Lipinski definition) is 0. The summed E-state index contributed by atoms with van der Waals surface area (Å²) in [5.74, 6) is -0.671. The van der Waals surface area contributed by atoms with E-state index in [0.29, 0.717) is 18.7 Å². The molecule has 0 radical (unpaired) electrons. The number of benzene rings is 1. The molecule has 1 fully saturated rings. The second kappa shape index (κ2) is 7.96. The first kappa shape index (κ1) is 19.2. The Morgan fingerprint density at radius 2 is 1.74 bits per heavy atom. The van der Waals surface area contributed by atoms with E-state index in [2.05, 4.69) is 0 Å². The van der Waals surface area contributed by atoms with Gasteiger partial charge in [0.1, 0.15) is 0 Å². The van der Waals surface area contributed by atoms with Crippen molar-refractivity contribution in [1.82, 2.24) is 9.47 Å². The molecule has 1 saturated heterocycles. The highest BCUT2D eigenvalue weighted by atomic mass is 16.5. The predicted molar refractivity (Wildman–Crippen MR) is 102 cm³/mol. The molecule has 2 heterocycles. The number of aromatic nitrogens is 1. The number of para-hydroxylation sites is 1. The van der Waals surface area contributed by atoms with Gasteiger partial charge in [0.2, 0.25) is 0 Å². The molecule has 3 rings (SSSR count). The number of nitrogens with zero attached hydrogens (tertiary/aromatic N) is 2. The molecular weight excluding hydrogens is 344 g/mol. The van der Waals surface area contributed by atoms with Gasteiger partial charge in [0.05, 0.1) is 17.8 Å². The SMILES string of the molecule is Cc1cc(C(=O)OCC(=O)N2C[C@@H](C)O[C@@H](C)C2)c(C)n1-c1ccccc1. The molecule has 1 amide bonds. The van der Waals surface area contributed by atoms with E-state index in [1.807, 2.05) is 62.6 Å². The third kappa shape index (κ3) is 4.22. The maximum Gasteiger partial charge on any atom is 0.340 e.